The van der Waals surface area contributed by atoms with Gasteiger partial charge in [0.05, 0.1) is 0 Å². The summed E-state index contributed by atoms with van der Waals surface area (Å²) in [4.78, 5) is 11.7. The van der Waals surface area contributed by atoms with Crippen LogP contribution in [0.15, 0.2) is 30.3 Å². The Morgan fingerprint density at radius 2 is 1.94 bits per heavy atom. The maximum atomic E-state index is 11.7. The highest BCUT2D eigenvalue weighted by atomic mass is 35.5. The second-order valence-corrected chi connectivity index (χ2v) is 4.55. The number of alkyl halides is 2. The molecule has 0 radical (unpaired) electrons. The molecule has 16 heavy (non-hydrogen) atoms. The maximum absolute atomic E-state index is 11.7. The van der Waals surface area contributed by atoms with Crippen LogP contribution in [-0.2, 0) is 0 Å². The molecule has 4 heteroatoms. The molecule has 1 rings (SSSR count). The molecule has 1 aromatic carbocycles. The number of carbonyl (C=O) groups is 1. The molecule has 88 valence electrons. The molecule has 2 unspecified atom stereocenters. The first-order valence-electron chi connectivity index (χ1n) is 5.12. The molecule has 0 fully saturated rings. The summed E-state index contributed by atoms with van der Waals surface area (Å²) in [5.41, 5.74) is 0.504. The smallest absolute Gasteiger partial charge is 0.191 e. The lowest BCUT2D eigenvalue weighted by Crippen LogP contribution is -2.24. The van der Waals surface area contributed by atoms with Gasteiger partial charge in [-0.25, -0.2) is 0 Å². The molecule has 0 amide bonds. The Balaban J connectivity index is 2.55. The first-order valence-corrected chi connectivity index (χ1v) is 6.09. The Bertz CT molecular complexity index is 327. The summed E-state index contributed by atoms with van der Waals surface area (Å²) in [5.74, 6) is 0.140. The van der Waals surface area contributed by atoms with Crippen molar-refractivity contribution >= 4 is 29.0 Å². The Morgan fingerprint density at radius 3 is 2.50 bits per heavy atom. The van der Waals surface area contributed by atoms with Crippen molar-refractivity contribution in [1.29, 1.82) is 0 Å². The lowest BCUT2D eigenvalue weighted by molar-refractivity contribution is 0.0728. The van der Waals surface area contributed by atoms with Gasteiger partial charge in [0, 0.05) is 16.8 Å². The maximum Gasteiger partial charge on any atom is 0.191 e. The Kier molecular flexibility index (Phi) is 5.81. The normalized spacial score (nSPS) is 14.4. The van der Waals surface area contributed by atoms with Crippen LogP contribution in [0.5, 0.6) is 0 Å². The predicted molar refractivity (Wildman–Crippen MR) is 66.4 cm³/mol. The minimum Gasteiger partial charge on any atom is -0.385 e. The van der Waals surface area contributed by atoms with Crippen molar-refractivity contribution in [2.24, 2.45) is 0 Å². The van der Waals surface area contributed by atoms with Gasteiger partial charge in [0.15, 0.2) is 5.78 Å². The summed E-state index contributed by atoms with van der Waals surface area (Å²) < 4.78 is 0. The molecule has 2 nitrogen and oxygen atoms in total. The van der Waals surface area contributed by atoms with Crippen molar-refractivity contribution in [2.75, 3.05) is 5.88 Å². The number of aliphatic hydroxyl groups excluding tert-OH is 1. The van der Waals surface area contributed by atoms with E-state index in [9.17, 15) is 9.90 Å². The van der Waals surface area contributed by atoms with E-state index in [0.29, 0.717) is 17.9 Å². The lowest BCUT2D eigenvalue weighted by Gasteiger charge is -2.13. The molecule has 0 aliphatic heterocycles. The number of hydrogen-bond acceptors (Lipinski definition) is 2. The summed E-state index contributed by atoms with van der Waals surface area (Å²) in [6.07, 6.45) is -0.224. The van der Waals surface area contributed by atoms with Gasteiger partial charge in [-0.05, 0) is 12.8 Å². The Morgan fingerprint density at radius 1 is 1.31 bits per heavy atom. The number of carbonyl (C=O) groups excluding carboxylic acids is 1. The molecular weight excluding hydrogens is 247 g/mol. The third-order valence-corrected chi connectivity index (χ3v) is 2.88. The summed E-state index contributed by atoms with van der Waals surface area (Å²) in [6.45, 7) is 0. The van der Waals surface area contributed by atoms with Crippen LogP contribution in [0.3, 0.4) is 0 Å². The average molecular weight is 261 g/mol. The number of halogens is 2. The molecule has 0 saturated carbocycles. The van der Waals surface area contributed by atoms with E-state index >= 15 is 0 Å². The number of aliphatic hydroxyl groups is 1. The molecule has 0 aliphatic carbocycles. The number of Topliss-reactive ketones (excluding diaryl/α,β-unsaturated/α-hetero) is 1. The zero-order chi connectivity index (χ0) is 12.0. The van der Waals surface area contributed by atoms with E-state index in [4.69, 9.17) is 23.2 Å². The molecule has 0 aliphatic rings. The van der Waals surface area contributed by atoms with Crippen molar-refractivity contribution < 1.29 is 9.90 Å². The number of rotatable bonds is 6. The molecule has 0 heterocycles. The Hall–Kier alpha value is -0.570. The standard InChI is InChI=1S/C12H14Cl2O2/c13-7-6-10(14)8-11(15)12(16)9-4-2-1-3-5-9/h1-5,10-11,15H,6-8H2. The van der Waals surface area contributed by atoms with E-state index in [1.165, 1.54) is 0 Å². The van der Waals surface area contributed by atoms with Crippen LogP contribution < -0.4 is 0 Å². The van der Waals surface area contributed by atoms with Crippen LogP contribution in [0.1, 0.15) is 23.2 Å². The molecule has 1 N–H and O–H groups in total. The number of hydrogen-bond donors (Lipinski definition) is 1. The monoisotopic (exact) mass is 260 g/mol. The van der Waals surface area contributed by atoms with Gasteiger partial charge in [-0.2, -0.15) is 0 Å². The third-order valence-electron chi connectivity index (χ3n) is 2.26. The molecule has 1 aromatic rings. The third kappa shape index (κ3) is 4.12. The van der Waals surface area contributed by atoms with Crippen molar-refractivity contribution in [1.82, 2.24) is 0 Å². The molecule has 0 saturated heterocycles. The zero-order valence-electron chi connectivity index (χ0n) is 8.77. The first kappa shape index (κ1) is 13.5. The number of benzene rings is 1. The summed E-state index contributed by atoms with van der Waals surface area (Å²) in [7, 11) is 0. The van der Waals surface area contributed by atoms with Gasteiger partial charge in [0.25, 0.3) is 0 Å². The predicted octanol–water partition coefficient (Wildman–Crippen LogP) is 2.86. The van der Waals surface area contributed by atoms with Crippen LogP contribution in [0, 0.1) is 0 Å². The second kappa shape index (κ2) is 6.89. The van der Waals surface area contributed by atoms with Gasteiger partial charge in [0.2, 0.25) is 0 Å². The second-order valence-electron chi connectivity index (χ2n) is 3.56. The van der Waals surface area contributed by atoms with Crippen molar-refractivity contribution in [2.45, 2.75) is 24.3 Å². The summed E-state index contributed by atoms with van der Waals surface area (Å²) >= 11 is 11.4. The largest absolute Gasteiger partial charge is 0.385 e. The highest BCUT2D eigenvalue weighted by Gasteiger charge is 2.20. The summed E-state index contributed by atoms with van der Waals surface area (Å²) in [6, 6.07) is 8.70. The lowest BCUT2D eigenvalue weighted by atomic mass is 10.0. The van der Waals surface area contributed by atoms with E-state index in [0.717, 1.165) is 0 Å². The van der Waals surface area contributed by atoms with Gasteiger partial charge in [-0.3, -0.25) is 4.79 Å². The molecular formula is C12H14Cl2O2. The van der Waals surface area contributed by atoms with E-state index in [-0.39, 0.29) is 17.6 Å². The van der Waals surface area contributed by atoms with Crippen LogP contribution >= 0.6 is 23.2 Å². The summed E-state index contributed by atoms with van der Waals surface area (Å²) in [5, 5.41) is 9.43. The fourth-order valence-electron chi connectivity index (χ4n) is 1.38. The van der Waals surface area contributed by atoms with Crippen LogP contribution in [0.25, 0.3) is 0 Å². The van der Waals surface area contributed by atoms with Gasteiger partial charge >= 0.3 is 0 Å². The van der Waals surface area contributed by atoms with Gasteiger partial charge in [-0.1, -0.05) is 30.3 Å². The highest BCUT2D eigenvalue weighted by molar-refractivity contribution is 6.22. The minimum absolute atomic E-state index is 0.238. The van der Waals surface area contributed by atoms with Crippen molar-refractivity contribution in [3.05, 3.63) is 35.9 Å². The fourth-order valence-corrected chi connectivity index (χ4v) is 2.03. The molecule has 0 bridgehead atoms. The van der Waals surface area contributed by atoms with E-state index in [1.54, 1.807) is 24.3 Å². The minimum atomic E-state index is -1.05. The van der Waals surface area contributed by atoms with E-state index < -0.39 is 6.10 Å². The average Bonchev–Trinajstić information content (AvgIpc) is 2.29. The highest BCUT2D eigenvalue weighted by Crippen LogP contribution is 2.14. The Labute approximate surface area is 105 Å². The van der Waals surface area contributed by atoms with Gasteiger partial charge in [-0.15, -0.1) is 23.2 Å². The fraction of sp³-hybridized carbons (Fsp3) is 0.417. The zero-order valence-corrected chi connectivity index (χ0v) is 10.3. The van der Waals surface area contributed by atoms with Gasteiger partial charge < -0.3 is 5.11 Å². The van der Waals surface area contributed by atoms with Crippen LogP contribution in [0.4, 0.5) is 0 Å². The quantitative estimate of drug-likeness (QED) is 0.631. The van der Waals surface area contributed by atoms with Gasteiger partial charge in [0.1, 0.15) is 6.10 Å². The van der Waals surface area contributed by atoms with E-state index in [2.05, 4.69) is 0 Å². The van der Waals surface area contributed by atoms with E-state index in [1.807, 2.05) is 6.07 Å². The topological polar surface area (TPSA) is 37.3 Å². The van der Waals surface area contributed by atoms with Crippen LogP contribution in [-0.4, -0.2) is 28.3 Å². The number of ketones is 1. The molecule has 0 spiro atoms. The van der Waals surface area contributed by atoms with Crippen molar-refractivity contribution in [3.8, 4) is 0 Å². The first-order chi connectivity index (χ1) is 7.65. The van der Waals surface area contributed by atoms with Crippen molar-refractivity contribution in [3.63, 3.8) is 0 Å². The molecule has 2 atom stereocenters. The SMILES string of the molecule is O=C(c1ccccc1)C(O)CC(Cl)CCCl. The van der Waals surface area contributed by atoms with Crippen LogP contribution in [0.2, 0.25) is 0 Å². The molecule has 0 aromatic heterocycles.